The molecule has 1 aromatic carbocycles. The van der Waals surface area contributed by atoms with Crippen LogP contribution in [0.4, 0.5) is 5.69 Å². The topological polar surface area (TPSA) is 113 Å². The fourth-order valence-electron chi connectivity index (χ4n) is 2.06. The molecule has 0 aliphatic heterocycles. The number of halogens is 1. The summed E-state index contributed by atoms with van der Waals surface area (Å²) in [6, 6.07) is 11.8. The third-order valence-electron chi connectivity index (χ3n) is 3.64. The lowest BCUT2D eigenvalue weighted by Crippen LogP contribution is -2.42. The van der Waals surface area contributed by atoms with E-state index in [-0.39, 0.29) is 42.1 Å². The second-order valence-electron chi connectivity index (χ2n) is 5.90. The summed E-state index contributed by atoms with van der Waals surface area (Å²) in [6.45, 7) is 0.857. The number of benzene rings is 1. The van der Waals surface area contributed by atoms with E-state index in [1.165, 1.54) is 17.0 Å². The Bertz CT molecular complexity index is 797. The van der Waals surface area contributed by atoms with Gasteiger partial charge < -0.3 is 15.5 Å². The van der Waals surface area contributed by atoms with Gasteiger partial charge in [-0.1, -0.05) is 18.2 Å². The van der Waals surface area contributed by atoms with Crippen LogP contribution in [0, 0.1) is 10.1 Å². The zero-order valence-electron chi connectivity index (χ0n) is 15.7. The Morgan fingerprint density at radius 3 is 2.46 bits per heavy atom. The number of nitrogens with one attached hydrogen (secondary N) is 2. The van der Waals surface area contributed by atoms with Crippen LogP contribution in [-0.4, -0.2) is 47.3 Å². The number of guanidine groups is 1. The van der Waals surface area contributed by atoms with Crippen molar-refractivity contribution in [2.24, 2.45) is 4.99 Å². The molecular weight excluding hydrogens is 475 g/mol. The highest BCUT2D eigenvalue weighted by molar-refractivity contribution is 14.0. The van der Waals surface area contributed by atoms with E-state index >= 15 is 0 Å². The number of carbonyl (C=O) groups excluding carboxylic acids is 1. The summed E-state index contributed by atoms with van der Waals surface area (Å²) >= 11 is 0. The third-order valence-corrected chi connectivity index (χ3v) is 3.64. The first-order chi connectivity index (χ1) is 13.0. The first-order valence-corrected chi connectivity index (χ1v) is 8.31. The number of aromatic nitrogens is 1. The van der Waals surface area contributed by atoms with E-state index in [2.05, 4.69) is 20.6 Å². The van der Waals surface area contributed by atoms with Crippen molar-refractivity contribution in [2.75, 3.05) is 20.6 Å². The van der Waals surface area contributed by atoms with Gasteiger partial charge in [-0.15, -0.1) is 24.0 Å². The van der Waals surface area contributed by atoms with Gasteiger partial charge in [-0.25, -0.2) is 4.99 Å². The highest BCUT2D eigenvalue weighted by Gasteiger charge is 2.07. The molecule has 150 valence electrons. The average Bonchev–Trinajstić information content (AvgIpc) is 2.68. The second-order valence-corrected chi connectivity index (χ2v) is 5.90. The van der Waals surface area contributed by atoms with E-state index < -0.39 is 4.92 Å². The maximum absolute atomic E-state index is 11.8. The molecule has 0 saturated carbocycles. The fourth-order valence-corrected chi connectivity index (χ4v) is 2.06. The molecule has 0 fully saturated rings. The molecule has 0 aliphatic rings. The molecule has 1 heterocycles. The minimum Gasteiger partial charge on any atom is -0.351 e. The van der Waals surface area contributed by atoms with Crippen molar-refractivity contribution in [1.29, 1.82) is 0 Å². The van der Waals surface area contributed by atoms with Gasteiger partial charge in [0, 0.05) is 32.4 Å². The number of carbonyl (C=O) groups is 1. The van der Waals surface area contributed by atoms with Crippen molar-refractivity contribution in [3.05, 3.63) is 70.0 Å². The van der Waals surface area contributed by atoms with E-state index in [4.69, 9.17) is 0 Å². The molecule has 1 aromatic heterocycles. The molecule has 0 bridgehead atoms. The zero-order valence-corrected chi connectivity index (χ0v) is 18.0. The van der Waals surface area contributed by atoms with Crippen molar-refractivity contribution < 1.29 is 9.72 Å². The van der Waals surface area contributed by atoms with Gasteiger partial charge in [-0.2, -0.15) is 0 Å². The van der Waals surface area contributed by atoms with Crippen molar-refractivity contribution in [3.8, 4) is 0 Å². The Morgan fingerprint density at radius 2 is 1.89 bits per heavy atom. The molecule has 0 unspecified atom stereocenters. The van der Waals surface area contributed by atoms with E-state index in [1.807, 2.05) is 18.2 Å². The number of hydrogen-bond acceptors (Lipinski definition) is 5. The monoisotopic (exact) mass is 498 g/mol. The zero-order chi connectivity index (χ0) is 19.6. The summed E-state index contributed by atoms with van der Waals surface area (Å²) in [7, 11) is 3.36. The van der Waals surface area contributed by atoms with Crippen molar-refractivity contribution in [1.82, 2.24) is 20.5 Å². The quantitative estimate of drug-likeness (QED) is 0.198. The molecule has 0 aliphatic carbocycles. The number of rotatable bonds is 7. The van der Waals surface area contributed by atoms with E-state index in [0.29, 0.717) is 19.0 Å². The van der Waals surface area contributed by atoms with Crippen molar-refractivity contribution in [3.63, 3.8) is 0 Å². The summed E-state index contributed by atoms with van der Waals surface area (Å²) < 4.78 is 0. The molecule has 0 saturated heterocycles. The van der Waals surface area contributed by atoms with Crippen LogP contribution in [0.1, 0.15) is 11.3 Å². The Morgan fingerprint density at radius 1 is 1.18 bits per heavy atom. The number of hydrogen-bond donors (Lipinski definition) is 2. The van der Waals surface area contributed by atoms with Gasteiger partial charge >= 0.3 is 0 Å². The number of non-ortho nitro benzene ring substituents is 1. The predicted octanol–water partition coefficient (Wildman–Crippen LogP) is 1.93. The van der Waals surface area contributed by atoms with Gasteiger partial charge in [0.05, 0.1) is 30.3 Å². The van der Waals surface area contributed by atoms with E-state index in [9.17, 15) is 14.9 Å². The molecule has 0 spiro atoms. The minimum atomic E-state index is -0.443. The van der Waals surface area contributed by atoms with Gasteiger partial charge in [-0.05, 0) is 17.7 Å². The van der Waals surface area contributed by atoms with Gasteiger partial charge in [-0.3, -0.25) is 19.9 Å². The van der Waals surface area contributed by atoms with Crippen LogP contribution in [0.2, 0.25) is 0 Å². The summed E-state index contributed by atoms with van der Waals surface area (Å²) in [5.74, 6) is 0.367. The first kappa shape index (κ1) is 23.3. The maximum Gasteiger partial charge on any atom is 0.269 e. The number of nitro groups is 1. The van der Waals surface area contributed by atoms with Gasteiger partial charge in [0.1, 0.15) is 0 Å². The summed E-state index contributed by atoms with van der Waals surface area (Å²) in [6.07, 6.45) is 1.70. The molecule has 2 aromatic rings. The Labute approximate surface area is 180 Å². The fraction of sp³-hybridized carbons (Fsp3) is 0.278. The number of nitro benzene ring substituents is 1. The average molecular weight is 498 g/mol. The van der Waals surface area contributed by atoms with E-state index in [1.54, 1.807) is 32.4 Å². The summed E-state index contributed by atoms with van der Waals surface area (Å²) in [5.41, 5.74) is 1.69. The Balaban J connectivity index is 0.00000392. The minimum absolute atomic E-state index is 0. The van der Waals surface area contributed by atoms with Crippen LogP contribution in [-0.2, 0) is 17.9 Å². The largest absolute Gasteiger partial charge is 0.351 e. The molecule has 2 rings (SSSR count). The SMILES string of the molecule is CN(C)C(=O)CNC(=NCc1ccc([N+](=O)[O-])cc1)NCc1ccccn1.I. The Hall–Kier alpha value is -2.76. The molecule has 2 N–H and O–H groups in total. The smallest absolute Gasteiger partial charge is 0.269 e. The van der Waals surface area contributed by atoms with Crippen molar-refractivity contribution in [2.45, 2.75) is 13.1 Å². The van der Waals surface area contributed by atoms with Crippen LogP contribution in [0.3, 0.4) is 0 Å². The number of likely N-dealkylation sites (N-methyl/N-ethyl adjacent to an activating group) is 1. The Kier molecular flexibility index (Phi) is 9.85. The van der Waals surface area contributed by atoms with Gasteiger partial charge in [0.15, 0.2) is 5.96 Å². The molecule has 9 nitrogen and oxygen atoms in total. The molecule has 0 atom stereocenters. The lowest BCUT2D eigenvalue weighted by atomic mass is 10.2. The standard InChI is InChI=1S/C18H22N6O3.HI/c1-23(2)17(25)13-22-18(21-12-15-5-3-4-10-19-15)20-11-14-6-8-16(9-7-14)24(26)27;/h3-10H,11-13H2,1-2H3,(H2,20,21,22);1H. The lowest BCUT2D eigenvalue weighted by molar-refractivity contribution is -0.384. The molecule has 0 radical (unpaired) electrons. The summed E-state index contributed by atoms with van der Waals surface area (Å²) in [4.78, 5) is 32.2. The number of aliphatic imine (C=N–C) groups is 1. The number of nitrogens with zero attached hydrogens (tertiary/aromatic N) is 4. The van der Waals surface area contributed by atoms with Crippen LogP contribution < -0.4 is 10.6 Å². The number of pyridine rings is 1. The van der Waals surface area contributed by atoms with Crippen LogP contribution >= 0.6 is 24.0 Å². The third kappa shape index (κ3) is 7.86. The van der Waals surface area contributed by atoms with Crippen molar-refractivity contribution >= 4 is 41.5 Å². The molecule has 10 heteroatoms. The van der Waals surface area contributed by atoms with Gasteiger partial charge in [0.2, 0.25) is 5.91 Å². The van der Waals surface area contributed by atoms with E-state index in [0.717, 1.165) is 11.3 Å². The van der Waals surface area contributed by atoms with Crippen LogP contribution in [0.15, 0.2) is 53.7 Å². The van der Waals surface area contributed by atoms with Crippen LogP contribution in [0.5, 0.6) is 0 Å². The second kappa shape index (κ2) is 11.8. The number of amides is 1. The predicted molar refractivity (Wildman–Crippen MR) is 117 cm³/mol. The van der Waals surface area contributed by atoms with Crippen LogP contribution in [0.25, 0.3) is 0 Å². The van der Waals surface area contributed by atoms with Gasteiger partial charge in [0.25, 0.3) is 5.69 Å². The first-order valence-electron chi connectivity index (χ1n) is 8.31. The molecule has 1 amide bonds. The molecular formula is C18H23IN6O3. The normalized spacial score (nSPS) is 10.6. The lowest BCUT2D eigenvalue weighted by Gasteiger charge is -2.15. The highest BCUT2D eigenvalue weighted by atomic mass is 127. The molecule has 28 heavy (non-hydrogen) atoms. The highest BCUT2D eigenvalue weighted by Crippen LogP contribution is 2.12. The summed E-state index contributed by atoms with van der Waals surface area (Å²) in [5, 5.41) is 16.8. The maximum atomic E-state index is 11.8.